The van der Waals surface area contributed by atoms with Crippen LogP contribution in [-0.2, 0) is 54.1 Å². The predicted octanol–water partition coefficient (Wildman–Crippen LogP) is 4.45. The van der Waals surface area contributed by atoms with E-state index in [1.807, 2.05) is 62.4 Å². The first-order valence-electron chi connectivity index (χ1n) is 30.0. The number of aliphatic carboxylic acids is 1. The zero-order valence-electron chi connectivity index (χ0n) is 52.5. The Kier molecular flexibility index (Phi) is 25.6. The lowest BCUT2D eigenvalue weighted by molar-refractivity contribution is -0.346. The Balaban J connectivity index is 0.000000333. The van der Waals surface area contributed by atoms with Gasteiger partial charge >= 0.3 is 5.97 Å². The van der Waals surface area contributed by atoms with Crippen molar-refractivity contribution in [2.24, 2.45) is 17.6 Å². The van der Waals surface area contributed by atoms with Crippen LogP contribution in [0.25, 0.3) is 0 Å². The molecule has 0 aliphatic carbocycles. The second kappa shape index (κ2) is 33.0. The minimum atomic E-state index is -1.87. The van der Waals surface area contributed by atoms with Crippen molar-refractivity contribution < 1.29 is 97.6 Å². The van der Waals surface area contributed by atoms with Gasteiger partial charge in [0.25, 0.3) is 11.8 Å². The van der Waals surface area contributed by atoms with E-state index < -0.39 is 108 Å². The van der Waals surface area contributed by atoms with Gasteiger partial charge in [-0.15, -0.1) is 0 Å². The molecule has 3 amide bonds. The molecule has 92 heavy (non-hydrogen) atoms. The number of nitrogens with two attached hydrogens (primary N) is 1. The van der Waals surface area contributed by atoms with Gasteiger partial charge < -0.3 is 100 Å². The van der Waals surface area contributed by atoms with E-state index >= 15 is 0 Å². The predicted molar refractivity (Wildman–Crippen MR) is 335 cm³/mol. The molecule has 2 fully saturated rings. The molecule has 24 nitrogen and oxygen atoms in total. The van der Waals surface area contributed by atoms with E-state index in [1.54, 1.807) is 118 Å². The summed E-state index contributed by atoms with van der Waals surface area (Å²) in [7, 11) is 5.45. The number of aliphatic hydroxyl groups excluding tert-OH is 4. The van der Waals surface area contributed by atoms with Crippen molar-refractivity contribution in [1.29, 1.82) is 0 Å². The van der Waals surface area contributed by atoms with Crippen molar-refractivity contribution in [3.63, 3.8) is 0 Å². The van der Waals surface area contributed by atoms with Crippen molar-refractivity contribution in [2.45, 2.75) is 113 Å². The molecule has 0 saturated carbocycles. The summed E-state index contributed by atoms with van der Waals surface area (Å²) in [5.41, 5.74) is 6.03. The van der Waals surface area contributed by atoms with E-state index in [9.17, 15) is 54.9 Å². The molecule has 6 aromatic rings. The van der Waals surface area contributed by atoms with Gasteiger partial charge in [-0.25, -0.2) is 0 Å². The molecule has 2 saturated heterocycles. The Bertz CT molecular complexity index is 3310. The molecule has 496 valence electrons. The molecule has 8 unspecified atom stereocenters. The second-order valence-corrected chi connectivity index (χ2v) is 22.1. The Morgan fingerprint density at radius 1 is 0.478 bits per heavy atom. The molecular weight excluding hydrogens is 1190 g/mol. The number of aliphatic hydroxyl groups is 6. The summed E-state index contributed by atoms with van der Waals surface area (Å²) < 4.78 is 49.9. The highest BCUT2D eigenvalue weighted by molar-refractivity contribution is 5.83. The van der Waals surface area contributed by atoms with Gasteiger partial charge in [0, 0.05) is 40.4 Å². The lowest BCUT2D eigenvalue weighted by Gasteiger charge is -2.46. The topological polar surface area (TPSA) is 355 Å². The average Bonchev–Trinajstić information content (AvgIpc) is 0.782. The molecule has 14 atom stereocenters. The zero-order valence-corrected chi connectivity index (χ0v) is 52.5. The third-order valence-electron chi connectivity index (χ3n) is 16.2. The molecule has 0 spiro atoms. The Morgan fingerprint density at radius 2 is 0.826 bits per heavy atom. The van der Waals surface area contributed by atoms with Crippen LogP contribution in [-0.4, -0.2) is 175 Å². The first-order chi connectivity index (χ1) is 44.1. The number of carboxylic acids is 1. The number of methoxy groups -OCH3 is 4. The maximum Gasteiger partial charge on any atom is 0.310 e. The lowest BCUT2D eigenvalue weighted by Crippen LogP contribution is -2.67. The minimum absolute atomic E-state index is 0.0306. The average molecular weight is 1280 g/mol. The summed E-state index contributed by atoms with van der Waals surface area (Å²) in [6.07, 6.45) is -16.3. The Hall–Kier alpha value is -8.08. The van der Waals surface area contributed by atoms with Crippen LogP contribution in [0.4, 0.5) is 0 Å². The fourth-order valence-electron chi connectivity index (χ4n) is 11.1. The number of carboxylic acid groups (broad SMARTS) is 1. The van der Waals surface area contributed by atoms with Gasteiger partial charge in [0.1, 0.15) is 82.3 Å². The van der Waals surface area contributed by atoms with Gasteiger partial charge in [0.2, 0.25) is 5.91 Å². The largest absolute Gasteiger partial charge is 0.497 e. The molecule has 0 aromatic heterocycles. The van der Waals surface area contributed by atoms with E-state index in [0.717, 1.165) is 11.1 Å². The number of amides is 3. The van der Waals surface area contributed by atoms with E-state index in [4.69, 9.17) is 48.4 Å². The first kappa shape index (κ1) is 71.4. The molecule has 2 aliphatic rings. The highest BCUT2D eigenvalue weighted by Crippen LogP contribution is 2.43. The highest BCUT2D eigenvalue weighted by Gasteiger charge is 2.54. The smallest absolute Gasteiger partial charge is 0.310 e. The van der Waals surface area contributed by atoms with E-state index in [0.29, 0.717) is 56.8 Å². The fraction of sp³-hybridized carbons (Fsp3) is 0.412. The maximum absolute atomic E-state index is 14.0. The molecule has 0 radical (unpaired) electrons. The number of ether oxygens (including phenoxy) is 9. The molecule has 24 heteroatoms. The van der Waals surface area contributed by atoms with Crippen LogP contribution in [0.3, 0.4) is 0 Å². The summed E-state index contributed by atoms with van der Waals surface area (Å²) in [5.74, 6) is -1.61. The van der Waals surface area contributed by atoms with Crippen LogP contribution in [0, 0.1) is 25.7 Å². The van der Waals surface area contributed by atoms with Crippen LogP contribution in [0.5, 0.6) is 34.5 Å². The summed E-state index contributed by atoms with van der Waals surface area (Å²) in [5, 5.41) is 85.5. The van der Waals surface area contributed by atoms with Crippen molar-refractivity contribution in [3.8, 4) is 34.5 Å². The molecule has 8 rings (SSSR count). The number of carbonyl (C=O) groups excluding carboxylic acids is 3. The van der Waals surface area contributed by atoms with Gasteiger partial charge in [-0.2, -0.15) is 0 Å². The summed E-state index contributed by atoms with van der Waals surface area (Å²) in [6, 6.07) is 42.5. The maximum atomic E-state index is 14.0. The molecule has 0 bridgehead atoms. The second-order valence-electron chi connectivity index (χ2n) is 22.1. The minimum Gasteiger partial charge on any atom is -0.497 e. The van der Waals surface area contributed by atoms with Crippen LogP contribution in [0.1, 0.15) is 60.1 Å². The fourth-order valence-corrected chi connectivity index (χ4v) is 11.1. The van der Waals surface area contributed by atoms with Gasteiger partial charge in [0.15, 0.2) is 24.8 Å². The number of benzene rings is 6. The Labute approximate surface area is 534 Å². The van der Waals surface area contributed by atoms with Crippen LogP contribution in [0.2, 0.25) is 0 Å². The highest BCUT2D eigenvalue weighted by atomic mass is 16.7. The van der Waals surface area contributed by atoms with Gasteiger partial charge in [0.05, 0.1) is 26.1 Å². The third-order valence-corrected chi connectivity index (χ3v) is 16.2. The standard InChI is InChI=1S/C43H58N4O15.C25H26O5/c1-6-29(43(55,24-9-15-26(56-3)16-10-24)25-11-17-28(18-12-25)59-27-13-7-23(2)8-14-27)38(52)46-21-22-47-39(53)36-34(57-4)30(48)33(51)42(62-36)60-35-31(49)32(50)41(58-5)61-37(35)40(54)45-20-19-44;1-4-23(24(26)27)25(28,18-7-13-20(29-3)14-8-18)19-9-15-22(16-10-19)30-21-11-5-17(2)6-12-21/h7-18,29-37,41-42,48-51,55H,6,19-22,44H2,1-5H3,(H,45,54)(H,46,52)(H,47,53);5-16,23,28H,4H2,1-3H3,(H,26,27)/t29?,30-,31-,32?,33?,34+,35+,36?,37?,41-,42-,43?;/m1./s1. The molecular formula is C68H84N4O20. The monoisotopic (exact) mass is 1280 g/mol. The number of carbonyl (C=O) groups is 4. The number of hydrogen-bond donors (Lipinski definition) is 11. The SMILES string of the molecule is CCC(C(=O)NCCNC(=O)C1O[C@@H](O[C@@H]2C(C(=O)NCCN)O[C@@H](OC)C(O)[C@H]2O)C(O)[C@@H](O)[C@@H]1OC)C(O)(c1ccc(OC)cc1)c1ccc(Oc2ccc(C)cc2)cc1.CCC(C(=O)O)C(O)(c1ccc(OC)cc1)c1ccc(Oc2ccc(C)cc2)cc1. The Morgan fingerprint density at radius 3 is 1.21 bits per heavy atom. The van der Waals surface area contributed by atoms with Crippen LogP contribution in [0.15, 0.2) is 146 Å². The van der Waals surface area contributed by atoms with E-state index in [-0.39, 0.29) is 39.0 Å². The number of nitrogens with one attached hydrogen (secondary N) is 3. The van der Waals surface area contributed by atoms with Crippen molar-refractivity contribution in [2.75, 3.05) is 54.6 Å². The number of rotatable bonds is 27. The normalized spacial score (nSPS) is 23.1. The molecule has 2 heterocycles. The van der Waals surface area contributed by atoms with Gasteiger partial charge in [-0.05, 0) is 122 Å². The summed E-state index contributed by atoms with van der Waals surface area (Å²) >= 11 is 0. The van der Waals surface area contributed by atoms with E-state index in [2.05, 4.69) is 16.0 Å². The number of hydrogen-bond acceptors (Lipinski definition) is 20. The quantitative estimate of drug-likeness (QED) is 0.0317. The van der Waals surface area contributed by atoms with Gasteiger partial charge in [-0.1, -0.05) is 97.8 Å². The first-order valence-corrected chi connectivity index (χ1v) is 30.0. The zero-order chi connectivity index (χ0) is 66.9. The van der Waals surface area contributed by atoms with E-state index in [1.165, 1.54) is 21.3 Å². The summed E-state index contributed by atoms with van der Waals surface area (Å²) in [6.45, 7) is 7.34. The number of aryl methyl sites for hydroxylation is 2. The molecule has 2 aliphatic heterocycles. The van der Waals surface area contributed by atoms with Gasteiger partial charge in [-0.3, -0.25) is 19.2 Å². The van der Waals surface area contributed by atoms with Crippen molar-refractivity contribution >= 4 is 23.7 Å². The van der Waals surface area contributed by atoms with Crippen molar-refractivity contribution in [1.82, 2.24) is 16.0 Å². The van der Waals surface area contributed by atoms with Crippen LogP contribution < -0.4 is 40.6 Å². The van der Waals surface area contributed by atoms with Crippen LogP contribution >= 0.6 is 0 Å². The molecule has 6 aromatic carbocycles. The lowest BCUT2D eigenvalue weighted by atomic mass is 9.74. The molecule has 12 N–H and O–H groups in total. The van der Waals surface area contributed by atoms with Crippen molar-refractivity contribution in [3.05, 3.63) is 179 Å². The third kappa shape index (κ3) is 16.8. The summed E-state index contributed by atoms with van der Waals surface area (Å²) in [4.78, 5) is 52.5.